The summed E-state index contributed by atoms with van der Waals surface area (Å²) in [5.41, 5.74) is 1.27. The lowest BCUT2D eigenvalue weighted by molar-refractivity contribution is -0.137. The highest BCUT2D eigenvalue weighted by molar-refractivity contribution is 9.10. The van der Waals surface area contributed by atoms with E-state index < -0.39 is 11.7 Å². The van der Waals surface area contributed by atoms with E-state index in [0.717, 1.165) is 22.4 Å². The molecule has 0 spiro atoms. The Labute approximate surface area is 192 Å². The molecule has 0 radical (unpaired) electrons. The van der Waals surface area contributed by atoms with Crippen molar-refractivity contribution >= 4 is 56.4 Å². The lowest BCUT2D eigenvalue weighted by Gasteiger charge is -2.37. The molecule has 0 bridgehead atoms. The van der Waals surface area contributed by atoms with E-state index in [-0.39, 0.29) is 5.02 Å². The number of halogens is 5. The molecule has 3 rings (SSSR count). The Bertz CT molecular complexity index is 931. The Kier molecular flexibility index (Phi) is 7.14. The molecule has 1 aromatic heterocycles. The standard InChI is InChI=1S/C20H21BrClF3N4S/c1-12(2)13-3-4-17(15(21)9-13)27-19(30)29-7-5-28(6-8-29)18-16(22)10-14(11-26-18)20(23,24)25/h3-4,9-12H,5-8H2,1-2H3,(H,27,30). The van der Waals surface area contributed by atoms with Crippen LogP contribution in [0.25, 0.3) is 0 Å². The molecule has 2 aromatic rings. The summed E-state index contributed by atoms with van der Waals surface area (Å²) in [4.78, 5) is 7.83. The number of benzene rings is 1. The third kappa shape index (κ3) is 5.36. The molecule has 1 saturated heterocycles. The maximum absolute atomic E-state index is 12.8. The van der Waals surface area contributed by atoms with Crippen LogP contribution in [-0.2, 0) is 6.18 Å². The molecule has 1 fully saturated rings. The molecular weight excluding hydrogens is 501 g/mol. The predicted octanol–water partition coefficient (Wildman–Crippen LogP) is 6.16. The number of nitrogens with zero attached hydrogens (tertiary/aromatic N) is 3. The van der Waals surface area contributed by atoms with Crippen molar-refractivity contribution in [2.24, 2.45) is 0 Å². The molecule has 4 nitrogen and oxygen atoms in total. The fraction of sp³-hybridized carbons (Fsp3) is 0.400. The van der Waals surface area contributed by atoms with Gasteiger partial charge in [-0.2, -0.15) is 13.2 Å². The van der Waals surface area contributed by atoms with Crippen LogP contribution in [0.3, 0.4) is 0 Å². The van der Waals surface area contributed by atoms with Gasteiger partial charge in [0.2, 0.25) is 0 Å². The first-order valence-electron chi connectivity index (χ1n) is 9.39. The van der Waals surface area contributed by atoms with Crippen molar-refractivity contribution < 1.29 is 13.2 Å². The van der Waals surface area contributed by atoms with Gasteiger partial charge < -0.3 is 15.1 Å². The fourth-order valence-corrected chi connectivity index (χ4v) is 4.20. The molecule has 0 amide bonds. The highest BCUT2D eigenvalue weighted by Crippen LogP contribution is 2.34. The Hall–Kier alpha value is -1.58. The molecule has 1 N–H and O–H groups in total. The van der Waals surface area contributed by atoms with Gasteiger partial charge in [0.05, 0.1) is 16.3 Å². The maximum Gasteiger partial charge on any atom is 0.417 e. The smallest absolute Gasteiger partial charge is 0.352 e. The first-order chi connectivity index (χ1) is 14.1. The SMILES string of the molecule is CC(C)c1ccc(NC(=S)N2CCN(c3ncc(C(F)(F)F)cc3Cl)CC2)c(Br)c1. The van der Waals surface area contributed by atoms with Gasteiger partial charge in [-0.25, -0.2) is 4.98 Å². The Morgan fingerprint density at radius 1 is 1.20 bits per heavy atom. The topological polar surface area (TPSA) is 31.4 Å². The van der Waals surface area contributed by atoms with Crippen LogP contribution < -0.4 is 10.2 Å². The third-order valence-electron chi connectivity index (χ3n) is 4.92. The minimum atomic E-state index is -4.46. The van der Waals surface area contributed by atoms with Gasteiger partial charge in [0.15, 0.2) is 5.11 Å². The van der Waals surface area contributed by atoms with Gasteiger partial charge in [0, 0.05) is 36.8 Å². The van der Waals surface area contributed by atoms with E-state index in [1.807, 2.05) is 15.9 Å². The molecule has 0 aliphatic carbocycles. The van der Waals surface area contributed by atoms with Crippen LogP contribution in [-0.4, -0.2) is 41.2 Å². The van der Waals surface area contributed by atoms with Crippen LogP contribution in [0.1, 0.15) is 30.9 Å². The lowest BCUT2D eigenvalue weighted by Crippen LogP contribution is -2.50. The summed E-state index contributed by atoms with van der Waals surface area (Å²) in [5, 5.41) is 3.85. The zero-order valence-corrected chi connectivity index (χ0v) is 19.6. The van der Waals surface area contributed by atoms with Crippen LogP contribution >= 0.6 is 39.7 Å². The first-order valence-corrected chi connectivity index (χ1v) is 11.0. The van der Waals surface area contributed by atoms with Crippen LogP contribution in [0.5, 0.6) is 0 Å². The molecule has 10 heteroatoms. The molecule has 30 heavy (non-hydrogen) atoms. The second-order valence-corrected chi connectivity index (χ2v) is 8.97. The number of thiocarbonyl (C=S) groups is 1. The van der Waals surface area contributed by atoms with E-state index in [1.165, 1.54) is 5.56 Å². The van der Waals surface area contributed by atoms with Crippen molar-refractivity contribution in [3.05, 3.63) is 51.1 Å². The van der Waals surface area contributed by atoms with Gasteiger partial charge >= 0.3 is 6.18 Å². The first kappa shape index (κ1) is 23.1. The van der Waals surface area contributed by atoms with E-state index in [4.69, 9.17) is 23.8 Å². The monoisotopic (exact) mass is 520 g/mol. The van der Waals surface area contributed by atoms with Crippen LogP contribution in [0.2, 0.25) is 5.02 Å². The number of hydrogen-bond donors (Lipinski definition) is 1. The zero-order chi connectivity index (χ0) is 22.1. The highest BCUT2D eigenvalue weighted by atomic mass is 79.9. The van der Waals surface area contributed by atoms with Gasteiger partial charge in [0.1, 0.15) is 5.82 Å². The van der Waals surface area contributed by atoms with E-state index in [2.05, 4.69) is 52.2 Å². The fourth-order valence-electron chi connectivity index (χ4n) is 3.13. The van der Waals surface area contributed by atoms with Crippen LogP contribution in [0.15, 0.2) is 34.9 Å². The molecule has 0 saturated carbocycles. The normalized spacial score (nSPS) is 14.9. The largest absolute Gasteiger partial charge is 0.417 e. The van der Waals surface area contributed by atoms with Gasteiger partial charge in [-0.05, 0) is 57.8 Å². The number of aromatic nitrogens is 1. The van der Waals surface area contributed by atoms with E-state index in [0.29, 0.717) is 43.0 Å². The number of rotatable bonds is 3. The Balaban J connectivity index is 1.61. The number of nitrogens with one attached hydrogen (secondary N) is 1. The third-order valence-corrected chi connectivity index (χ3v) is 6.21. The van der Waals surface area contributed by atoms with E-state index in [1.54, 1.807) is 0 Å². The summed E-state index contributed by atoms with van der Waals surface area (Å²) in [7, 11) is 0. The van der Waals surface area contributed by atoms with Crippen LogP contribution in [0.4, 0.5) is 24.7 Å². The molecule has 1 aliphatic rings. The average Bonchev–Trinajstić information content (AvgIpc) is 2.68. The summed E-state index contributed by atoms with van der Waals surface area (Å²) >= 11 is 15.2. The molecule has 162 valence electrons. The molecule has 2 heterocycles. The summed E-state index contributed by atoms with van der Waals surface area (Å²) < 4.78 is 39.4. The van der Waals surface area contributed by atoms with E-state index in [9.17, 15) is 13.2 Å². The van der Waals surface area contributed by atoms with Gasteiger partial charge in [-0.3, -0.25) is 0 Å². The highest BCUT2D eigenvalue weighted by Gasteiger charge is 2.32. The predicted molar refractivity (Wildman–Crippen MR) is 122 cm³/mol. The summed E-state index contributed by atoms with van der Waals surface area (Å²) in [6.45, 7) is 6.58. The van der Waals surface area contributed by atoms with E-state index >= 15 is 0 Å². The summed E-state index contributed by atoms with van der Waals surface area (Å²) in [6.07, 6.45) is -3.65. The summed E-state index contributed by atoms with van der Waals surface area (Å²) in [5.74, 6) is 0.788. The van der Waals surface area contributed by atoms with Gasteiger partial charge in [-0.15, -0.1) is 0 Å². The second kappa shape index (κ2) is 9.28. The number of hydrogen-bond acceptors (Lipinski definition) is 3. The second-order valence-electron chi connectivity index (χ2n) is 7.33. The Morgan fingerprint density at radius 3 is 2.40 bits per heavy atom. The quantitative estimate of drug-likeness (QED) is 0.489. The summed E-state index contributed by atoms with van der Waals surface area (Å²) in [6, 6.07) is 7.05. The van der Waals surface area contributed by atoms with Crippen molar-refractivity contribution in [2.75, 3.05) is 36.4 Å². The zero-order valence-electron chi connectivity index (χ0n) is 16.4. The Morgan fingerprint density at radius 2 is 1.87 bits per heavy atom. The maximum atomic E-state index is 12.8. The van der Waals surface area contributed by atoms with Crippen LogP contribution in [0, 0.1) is 0 Å². The van der Waals surface area contributed by atoms with Crippen molar-refractivity contribution in [2.45, 2.75) is 25.9 Å². The minimum absolute atomic E-state index is 0.00634. The molecular formula is C20H21BrClF3N4S. The lowest BCUT2D eigenvalue weighted by atomic mass is 10.0. The molecule has 1 aromatic carbocycles. The molecule has 0 atom stereocenters. The minimum Gasteiger partial charge on any atom is -0.352 e. The van der Waals surface area contributed by atoms with Crippen molar-refractivity contribution in [1.82, 2.24) is 9.88 Å². The molecule has 0 unspecified atom stereocenters. The number of anilines is 2. The van der Waals surface area contributed by atoms with Crippen molar-refractivity contribution in [3.8, 4) is 0 Å². The number of alkyl halides is 3. The average molecular weight is 522 g/mol. The van der Waals surface area contributed by atoms with Gasteiger partial charge in [-0.1, -0.05) is 31.5 Å². The van der Waals surface area contributed by atoms with Crippen molar-refractivity contribution in [3.63, 3.8) is 0 Å². The molecule has 1 aliphatic heterocycles. The van der Waals surface area contributed by atoms with Gasteiger partial charge in [0.25, 0.3) is 0 Å². The van der Waals surface area contributed by atoms with Crippen molar-refractivity contribution in [1.29, 1.82) is 0 Å². The number of piperazine rings is 1. The number of pyridine rings is 1.